The molecule has 238 valence electrons. The number of aryl methyl sites for hydroxylation is 3. The van der Waals surface area contributed by atoms with Crippen molar-refractivity contribution in [2.75, 3.05) is 12.4 Å². The zero-order valence-electron chi connectivity index (χ0n) is 27.5. The Hall–Kier alpha value is -5.28. The Kier molecular flexibility index (Phi) is 8.42. The van der Waals surface area contributed by atoms with E-state index in [2.05, 4.69) is 9.88 Å². The summed E-state index contributed by atoms with van der Waals surface area (Å²) in [4.78, 5) is 45.4. The number of hydrogen-bond acceptors (Lipinski definition) is 6. The van der Waals surface area contributed by atoms with E-state index in [-0.39, 0.29) is 17.2 Å². The van der Waals surface area contributed by atoms with Crippen LogP contribution in [0, 0.1) is 27.7 Å². The minimum absolute atomic E-state index is 0.0163. The van der Waals surface area contributed by atoms with Gasteiger partial charge in [-0.2, -0.15) is 0 Å². The van der Waals surface area contributed by atoms with Gasteiger partial charge < -0.3 is 14.6 Å². The van der Waals surface area contributed by atoms with E-state index >= 15 is 0 Å². The molecule has 47 heavy (non-hydrogen) atoms. The van der Waals surface area contributed by atoms with Crippen molar-refractivity contribution in [3.8, 4) is 11.4 Å². The summed E-state index contributed by atoms with van der Waals surface area (Å²) in [6.07, 6.45) is 1.90. The number of ether oxygens (including phenoxy) is 1. The van der Waals surface area contributed by atoms with E-state index in [1.165, 1.54) is 11.3 Å². The average molecular weight is 645 g/mol. The number of allylic oxidation sites excluding steroid dienone is 1. The van der Waals surface area contributed by atoms with Gasteiger partial charge in [0, 0.05) is 28.3 Å². The molecule has 0 spiro atoms. The molecule has 1 aliphatic rings. The molecule has 1 N–H and O–H groups in total. The monoisotopic (exact) mass is 644 g/mol. The maximum atomic E-state index is 14.3. The Morgan fingerprint density at radius 1 is 0.936 bits per heavy atom. The number of fused-ring (bicyclic) bond motifs is 1. The molecule has 0 saturated carbocycles. The molecule has 8 nitrogen and oxygen atoms in total. The molecule has 0 bridgehead atoms. The number of nitrogens with zero attached hydrogens (tertiary/aromatic N) is 3. The summed E-state index contributed by atoms with van der Waals surface area (Å²) in [5.74, 6) is 0.379. The molecule has 0 radical (unpaired) electrons. The van der Waals surface area contributed by atoms with Crippen LogP contribution in [0.4, 0.5) is 5.69 Å². The lowest BCUT2D eigenvalue weighted by Gasteiger charge is -2.25. The van der Waals surface area contributed by atoms with Crippen LogP contribution >= 0.6 is 11.3 Å². The van der Waals surface area contributed by atoms with E-state index in [9.17, 15) is 14.4 Å². The van der Waals surface area contributed by atoms with Crippen molar-refractivity contribution in [2.45, 2.75) is 47.6 Å². The first kappa shape index (κ1) is 31.7. The van der Waals surface area contributed by atoms with Crippen molar-refractivity contribution in [1.29, 1.82) is 0 Å². The molecule has 0 saturated heterocycles. The summed E-state index contributed by atoms with van der Waals surface area (Å²) >= 11 is 1.30. The molecule has 1 atom stereocenters. The van der Waals surface area contributed by atoms with Gasteiger partial charge in [-0.1, -0.05) is 41.2 Å². The lowest BCUT2D eigenvalue weighted by molar-refractivity contribution is -0.113. The van der Waals surface area contributed by atoms with Crippen molar-refractivity contribution in [1.82, 2.24) is 9.13 Å². The summed E-state index contributed by atoms with van der Waals surface area (Å²) in [5, 5.41) is 3.08. The molecule has 2 aromatic heterocycles. The molecule has 0 aliphatic carbocycles. The number of benzene rings is 3. The molecule has 1 aliphatic heterocycles. The highest BCUT2D eigenvalue weighted by atomic mass is 32.1. The van der Waals surface area contributed by atoms with Gasteiger partial charge in [-0.15, -0.1) is 0 Å². The van der Waals surface area contributed by atoms with E-state index in [0.717, 1.165) is 39.3 Å². The molecule has 0 fully saturated rings. The summed E-state index contributed by atoms with van der Waals surface area (Å²) in [6, 6.07) is 22.1. The first-order chi connectivity index (χ1) is 22.5. The second-order valence-electron chi connectivity index (χ2n) is 11.9. The predicted molar refractivity (Wildman–Crippen MR) is 187 cm³/mol. The Morgan fingerprint density at radius 3 is 2.28 bits per heavy atom. The molecule has 5 aromatic rings. The number of Topliss-reactive ketones (excluding diaryl/α,β-unsaturated/α-hetero) is 1. The highest BCUT2D eigenvalue weighted by Gasteiger charge is 2.33. The smallest absolute Gasteiger partial charge is 0.271 e. The molecular weight excluding hydrogens is 609 g/mol. The van der Waals surface area contributed by atoms with Gasteiger partial charge in [0.05, 0.1) is 29.0 Å². The molecule has 3 heterocycles. The molecule has 0 unspecified atom stereocenters. The molecule has 3 aromatic carbocycles. The standard InChI is InChI=1S/C38H36N4O4S/c1-21-8-17-32(22(2)18-21)40-36(44)34-24(4)39-38-42(35(34)28-11-15-31(46-7)16-12-28)37(45)33(47-38)20-29-19-23(3)41(25(29)5)30-13-9-27(10-14-30)26(6)43/h8-20,35H,1-7H3,(H,40,44)/b33-20+/t35-/m1/s1. The van der Waals surface area contributed by atoms with Gasteiger partial charge in [-0.3, -0.25) is 19.0 Å². The summed E-state index contributed by atoms with van der Waals surface area (Å²) < 4.78 is 9.63. The second kappa shape index (κ2) is 12.5. The zero-order valence-corrected chi connectivity index (χ0v) is 28.3. The third-order valence-electron chi connectivity index (χ3n) is 8.62. The van der Waals surface area contributed by atoms with E-state index in [0.29, 0.717) is 37.6 Å². The van der Waals surface area contributed by atoms with Crippen LogP contribution in [-0.4, -0.2) is 27.9 Å². The van der Waals surface area contributed by atoms with Gasteiger partial charge in [0.1, 0.15) is 5.75 Å². The van der Waals surface area contributed by atoms with Gasteiger partial charge >= 0.3 is 0 Å². The second-order valence-corrected chi connectivity index (χ2v) is 12.9. The average Bonchev–Trinajstić information content (AvgIpc) is 3.50. The van der Waals surface area contributed by atoms with E-state index in [4.69, 9.17) is 9.73 Å². The number of carbonyl (C=O) groups excluding carboxylic acids is 2. The van der Waals surface area contributed by atoms with Gasteiger partial charge in [0.2, 0.25) is 0 Å². The third-order valence-corrected chi connectivity index (χ3v) is 9.60. The maximum Gasteiger partial charge on any atom is 0.271 e. The van der Waals surface area contributed by atoms with Crippen molar-refractivity contribution < 1.29 is 14.3 Å². The molecule has 6 rings (SSSR count). The Labute approximate surface area is 277 Å². The SMILES string of the molecule is COc1ccc([C@@H]2C(C(=O)Nc3ccc(C)cc3C)=C(C)N=c3s/c(=C/c4cc(C)n(-c5ccc(C(C)=O)cc5)c4C)c(=O)n32)cc1. The van der Waals surface area contributed by atoms with Crippen LogP contribution in [0.25, 0.3) is 11.8 Å². The number of aromatic nitrogens is 2. The summed E-state index contributed by atoms with van der Waals surface area (Å²) in [6.45, 7) is 11.4. The maximum absolute atomic E-state index is 14.3. The molecule has 9 heteroatoms. The molecular formula is C38H36N4O4S. The minimum Gasteiger partial charge on any atom is -0.497 e. The van der Waals surface area contributed by atoms with Gasteiger partial charge in [0.25, 0.3) is 11.5 Å². The van der Waals surface area contributed by atoms with Crippen molar-refractivity contribution in [3.63, 3.8) is 0 Å². The fourth-order valence-corrected chi connectivity index (χ4v) is 7.21. The van der Waals surface area contributed by atoms with E-state index in [1.54, 1.807) is 18.6 Å². The number of rotatable bonds is 7. The van der Waals surface area contributed by atoms with Crippen LogP contribution < -0.4 is 24.9 Å². The van der Waals surface area contributed by atoms with Crippen LogP contribution in [0.1, 0.15) is 63.9 Å². The van der Waals surface area contributed by atoms with Crippen LogP contribution in [0.15, 0.2) is 93.9 Å². The number of hydrogen-bond donors (Lipinski definition) is 1. The zero-order chi connectivity index (χ0) is 33.6. The fraction of sp³-hybridized carbons (Fsp3) is 0.211. The van der Waals surface area contributed by atoms with Crippen LogP contribution in [0.2, 0.25) is 0 Å². The first-order valence-electron chi connectivity index (χ1n) is 15.3. The predicted octanol–water partition coefficient (Wildman–Crippen LogP) is 6.11. The molecule has 1 amide bonds. The quantitative estimate of drug-likeness (QED) is 0.217. The van der Waals surface area contributed by atoms with Gasteiger partial charge in [-0.05, 0) is 113 Å². The summed E-state index contributed by atoms with van der Waals surface area (Å²) in [5.41, 5.74) is 8.69. The number of nitrogens with one attached hydrogen (secondary N) is 1. The van der Waals surface area contributed by atoms with Crippen molar-refractivity contribution in [2.24, 2.45) is 4.99 Å². The van der Waals surface area contributed by atoms with Crippen molar-refractivity contribution in [3.05, 3.63) is 143 Å². The van der Waals surface area contributed by atoms with Crippen molar-refractivity contribution >= 4 is 34.8 Å². The van der Waals surface area contributed by atoms with Gasteiger partial charge in [-0.25, -0.2) is 4.99 Å². The van der Waals surface area contributed by atoms with E-state index in [1.807, 2.05) is 113 Å². The topological polar surface area (TPSA) is 94.7 Å². The number of ketones is 1. The number of amides is 1. The Balaban J connectivity index is 1.46. The highest BCUT2D eigenvalue weighted by Crippen LogP contribution is 2.32. The largest absolute Gasteiger partial charge is 0.497 e. The van der Waals surface area contributed by atoms with E-state index < -0.39 is 6.04 Å². The Bertz CT molecular complexity index is 2270. The minimum atomic E-state index is -0.697. The number of carbonyl (C=O) groups is 2. The van der Waals surface area contributed by atoms with Crippen LogP contribution in [0.3, 0.4) is 0 Å². The number of thiazole rings is 1. The summed E-state index contributed by atoms with van der Waals surface area (Å²) in [7, 11) is 1.60. The normalized spacial score (nSPS) is 14.5. The fourth-order valence-electron chi connectivity index (χ4n) is 6.17. The van der Waals surface area contributed by atoms with Gasteiger partial charge in [0.15, 0.2) is 10.6 Å². The lowest BCUT2D eigenvalue weighted by Crippen LogP contribution is -2.40. The first-order valence-corrected chi connectivity index (χ1v) is 16.1. The van der Waals surface area contributed by atoms with Crippen LogP contribution in [0.5, 0.6) is 5.75 Å². The van der Waals surface area contributed by atoms with Crippen LogP contribution in [-0.2, 0) is 4.79 Å². The number of methoxy groups -OCH3 is 1. The highest BCUT2D eigenvalue weighted by molar-refractivity contribution is 7.07. The lowest BCUT2D eigenvalue weighted by atomic mass is 9.95. The number of anilines is 1. The Morgan fingerprint density at radius 2 is 1.64 bits per heavy atom. The third kappa shape index (κ3) is 5.90.